The van der Waals surface area contributed by atoms with E-state index in [1.54, 1.807) is 12.4 Å². The number of aromatic nitrogens is 4. The quantitative estimate of drug-likeness (QED) is 0.828. The molecule has 2 aromatic heterocycles. The number of hydrogen-bond donors (Lipinski definition) is 2. The Morgan fingerprint density at radius 1 is 1.21 bits per heavy atom. The number of piperidine rings is 2. The van der Waals surface area contributed by atoms with E-state index in [-0.39, 0.29) is 5.69 Å². The maximum Gasteiger partial charge on any atom is 0.347 e. The van der Waals surface area contributed by atoms with Crippen LogP contribution in [0, 0.1) is 0 Å². The first-order valence-corrected chi connectivity index (χ1v) is 8.82. The van der Waals surface area contributed by atoms with Crippen LogP contribution in [-0.2, 0) is 0 Å². The topological polar surface area (TPSA) is 81.6 Å². The van der Waals surface area contributed by atoms with Crippen LogP contribution < -0.4 is 15.9 Å². The zero-order chi connectivity index (χ0) is 16.5. The van der Waals surface area contributed by atoms with E-state index in [9.17, 15) is 4.79 Å². The second-order valence-electron chi connectivity index (χ2n) is 7.00. The van der Waals surface area contributed by atoms with Crippen LogP contribution in [0.2, 0.25) is 0 Å². The van der Waals surface area contributed by atoms with Gasteiger partial charge in [0, 0.05) is 37.6 Å². The van der Waals surface area contributed by atoms with Gasteiger partial charge in [-0.15, -0.1) is 5.10 Å². The van der Waals surface area contributed by atoms with Crippen LogP contribution in [0.5, 0.6) is 0 Å². The van der Waals surface area contributed by atoms with Crippen LogP contribution in [-0.4, -0.2) is 69.8 Å². The van der Waals surface area contributed by atoms with Gasteiger partial charge >= 0.3 is 5.69 Å². The Hall–Kier alpha value is -1.93. The Kier molecular flexibility index (Phi) is 4.24. The summed E-state index contributed by atoms with van der Waals surface area (Å²) in [6.07, 6.45) is 8.09. The number of H-pyrrole nitrogens is 1. The predicted molar refractivity (Wildman–Crippen MR) is 92.5 cm³/mol. The maximum atomic E-state index is 11.7. The van der Waals surface area contributed by atoms with Crippen LogP contribution in [0.15, 0.2) is 17.2 Å². The van der Waals surface area contributed by atoms with Gasteiger partial charge in [0.2, 0.25) is 5.65 Å². The van der Waals surface area contributed by atoms with Crippen molar-refractivity contribution < 1.29 is 0 Å². The molecular weight excluding hydrogens is 306 g/mol. The van der Waals surface area contributed by atoms with Gasteiger partial charge in [0.25, 0.3) is 0 Å². The molecule has 1 atom stereocenters. The molecule has 0 saturated carbocycles. The molecule has 0 bridgehead atoms. The molecule has 2 aliphatic rings. The number of fused-ring (bicyclic) bond motifs is 1. The average molecular weight is 331 g/mol. The lowest BCUT2D eigenvalue weighted by Crippen LogP contribution is -2.52. The van der Waals surface area contributed by atoms with Gasteiger partial charge in [-0.2, -0.15) is 0 Å². The summed E-state index contributed by atoms with van der Waals surface area (Å²) >= 11 is 0. The lowest BCUT2D eigenvalue weighted by molar-refractivity contribution is 0.219. The number of nitrogens with one attached hydrogen (secondary N) is 2. The fourth-order valence-electron chi connectivity index (χ4n) is 3.87. The van der Waals surface area contributed by atoms with Gasteiger partial charge in [0.05, 0.1) is 0 Å². The molecule has 8 heteroatoms. The summed E-state index contributed by atoms with van der Waals surface area (Å²) in [5.41, 5.74) is 0.397. The third-order valence-electron chi connectivity index (χ3n) is 5.23. The predicted octanol–water partition coefficient (Wildman–Crippen LogP) is 0.0702. The minimum atomic E-state index is -0.216. The second kappa shape index (κ2) is 6.52. The van der Waals surface area contributed by atoms with Gasteiger partial charge in [-0.05, 0) is 45.8 Å². The SMILES string of the molecule is CN1CCC(NC2CCCN(c3nccn4c(=O)[nH]nc34)C2)CC1. The molecule has 2 aliphatic heterocycles. The largest absolute Gasteiger partial charge is 0.352 e. The molecule has 24 heavy (non-hydrogen) atoms. The fraction of sp³-hybridized carbons (Fsp3) is 0.688. The molecule has 0 amide bonds. The van der Waals surface area contributed by atoms with Crippen LogP contribution in [0.1, 0.15) is 25.7 Å². The standard InChI is InChI=1S/C16H25N7O/c1-21-8-4-12(5-9-21)18-13-3-2-7-22(11-13)14-15-19-20-16(24)23(15)10-6-17-14/h6,10,12-13,18H,2-5,7-9,11H2,1H3,(H,20,24). The zero-order valence-electron chi connectivity index (χ0n) is 14.1. The van der Waals surface area contributed by atoms with Crippen LogP contribution in [0.3, 0.4) is 0 Å². The van der Waals surface area contributed by atoms with Crippen molar-refractivity contribution in [1.29, 1.82) is 0 Å². The van der Waals surface area contributed by atoms with Crippen molar-refractivity contribution in [3.63, 3.8) is 0 Å². The number of aromatic amines is 1. The highest BCUT2D eigenvalue weighted by Crippen LogP contribution is 2.21. The third kappa shape index (κ3) is 3.03. The normalized spacial score (nSPS) is 23.9. The lowest BCUT2D eigenvalue weighted by atomic mass is 10.0. The minimum Gasteiger partial charge on any atom is -0.352 e. The van der Waals surface area contributed by atoms with Gasteiger partial charge in [0.1, 0.15) is 0 Å². The average Bonchev–Trinajstić information content (AvgIpc) is 2.99. The Bertz CT molecular complexity index is 746. The van der Waals surface area contributed by atoms with E-state index in [0.29, 0.717) is 17.7 Å². The highest BCUT2D eigenvalue weighted by Gasteiger charge is 2.26. The summed E-state index contributed by atoms with van der Waals surface area (Å²) in [5.74, 6) is 0.797. The molecule has 4 rings (SSSR count). The van der Waals surface area contributed by atoms with Crippen molar-refractivity contribution in [2.75, 3.05) is 38.1 Å². The van der Waals surface area contributed by atoms with E-state index in [1.807, 2.05) is 0 Å². The van der Waals surface area contributed by atoms with Gasteiger partial charge in [-0.1, -0.05) is 0 Å². The smallest absolute Gasteiger partial charge is 0.347 e. The van der Waals surface area contributed by atoms with Crippen molar-refractivity contribution in [2.45, 2.75) is 37.8 Å². The van der Waals surface area contributed by atoms with Crippen molar-refractivity contribution in [2.24, 2.45) is 0 Å². The Morgan fingerprint density at radius 2 is 2.04 bits per heavy atom. The fourth-order valence-corrected chi connectivity index (χ4v) is 3.87. The first-order valence-electron chi connectivity index (χ1n) is 8.82. The molecule has 0 aromatic carbocycles. The molecule has 4 heterocycles. The van der Waals surface area contributed by atoms with E-state index in [0.717, 1.165) is 25.3 Å². The number of rotatable bonds is 3. The lowest BCUT2D eigenvalue weighted by Gasteiger charge is -2.38. The summed E-state index contributed by atoms with van der Waals surface area (Å²) in [5, 5.41) is 10.5. The van der Waals surface area contributed by atoms with E-state index in [2.05, 4.69) is 37.3 Å². The van der Waals surface area contributed by atoms with E-state index < -0.39 is 0 Å². The van der Waals surface area contributed by atoms with Crippen LogP contribution in [0.25, 0.3) is 5.65 Å². The molecule has 0 spiro atoms. The molecule has 130 valence electrons. The Labute approximate surface area is 140 Å². The highest BCUT2D eigenvalue weighted by atomic mass is 16.1. The van der Waals surface area contributed by atoms with Crippen molar-refractivity contribution in [1.82, 2.24) is 29.8 Å². The van der Waals surface area contributed by atoms with Crippen molar-refractivity contribution >= 4 is 11.5 Å². The van der Waals surface area contributed by atoms with E-state index in [4.69, 9.17) is 0 Å². The molecule has 8 nitrogen and oxygen atoms in total. The molecule has 0 aliphatic carbocycles. The minimum absolute atomic E-state index is 0.216. The molecule has 1 unspecified atom stereocenters. The first-order chi connectivity index (χ1) is 11.7. The number of nitrogens with zero attached hydrogens (tertiary/aromatic N) is 5. The van der Waals surface area contributed by atoms with E-state index >= 15 is 0 Å². The Balaban J connectivity index is 1.47. The molecular formula is C16H25N7O. The van der Waals surface area contributed by atoms with Crippen LogP contribution >= 0.6 is 0 Å². The summed E-state index contributed by atoms with van der Waals surface area (Å²) in [6, 6.07) is 1.09. The van der Waals surface area contributed by atoms with Crippen molar-refractivity contribution in [3.8, 4) is 0 Å². The Morgan fingerprint density at radius 3 is 2.88 bits per heavy atom. The van der Waals surface area contributed by atoms with Crippen molar-refractivity contribution in [3.05, 3.63) is 22.9 Å². The molecule has 2 fully saturated rings. The first kappa shape index (κ1) is 15.6. The number of likely N-dealkylation sites (tertiary alicyclic amines) is 1. The maximum absolute atomic E-state index is 11.7. The summed E-state index contributed by atoms with van der Waals surface area (Å²) in [7, 11) is 2.19. The summed E-state index contributed by atoms with van der Waals surface area (Å²) in [6.45, 7) is 4.22. The van der Waals surface area contributed by atoms with E-state index in [1.165, 1.54) is 36.8 Å². The monoisotopic (exact) mass is 331 g/mol. The van der Waals surface area contributed by atoms with Gasteiger partial charge in [-0.3, -0.25) is 0 Å². The summed E-state index contributed by atoms with van der Waals surface area (Å²) in [4.78, 5) is 20.9. The molecule has 2 N–H and O–H groups in total. The van der Waals surface area contributed by atoms with Crippen LogP contribution in [0.4, 0.5) is 5.82 Å². The number of hydrogen-bond acceptors (Lipinski definition) is 6. The van der Waals surface area contributed by atoms with Gasteiger partial charge in [0.15, 0.2) is 5.82 Å². The highest BCUT2D eigenvalue weighted by molar-refractivity contribution is 5.63. The molecule has 2 saturated heterocycles. The second-order valence-corrected chi connectivity index (χ2v) is 7.00. The van der Waals surface area contributed by atoms with Gasteiger partial charge < -0.3 is 15.1 Å². The summed E-state index contributed by atoms with van der Waals surface area (Å²) < 4.78 is 1.52. The molecule has 0 radical (unpaired) electrons. The molecule has 2 aromatic rings. The zero-order valence-corrected chi connectivity index (χ0v) is 14.1. The van der Waals surface area contributed by atoms with Gasteiger partial charge in [-0.25, -0.2) is 19.3 Å². The third-order valence-corrected chi connectivity index (χ3v) is 5.23. The number of anilines is 1.